The Hall–Kier alpha value is -2.59. The molecule has 0 unspecified atom stereocenters. The third-order valence-electron chi connectivity index (χ3n) is 3.92. The lowest BCUT2D eigenvalue weighted by atomic mass is 10.1. The van der Waals surface area contributed by atoms with E-state index in [0.717, 1.165) is 16.6 Å². The Morgan fingerprint density at radius 3 is 2.46 bits per heavy atom. The topological polar surface area (TPSA) is 39.4 Å². The molecule has 0 atom stereocenters. The summed E-state index contributed by atoms with van der Waals surface area (Å²) in [7, 11) is 0. The maximum absolute atomic E-state index is 12.1. The van der Waals surface area contributed by atoms with Gasteiger partial charge in [0.1, 0.15) is 23.9 Å². The molecule has 2 aromatic carbocycles. The maximum Gasteiger partial charge on any atom is 0.185 e. The van der Waals surface area contributed by atoms with E-state index in [1.807, 2.05) is 36.4 Å². The van der Waals surface area contributed by atoms with Crippen molar-refractivity contribution in [2.24, 2.45) is 0 Å². The number of hydrogen-bond donors (Lipinski definition) is 0. The van der Waals surface area contributed by atoms with Gasteiger partial charge in [0.05, 0.1) is 0 Å². The van der Waals surface area contributed by atoms with Crippen LogP contribution in [0.3, 0.4) is 0 Å². The van der Waals surface area contributed by atoms with E-state index in [1.165, 1.54) is 11.6 Å². The Labute approximate surface area is 161 Å². The number of aryl methyl sites for hydroxylation is 1. The molecule has 132 valence electrons. The van der Waals surface area contributed by atoms with Gasteiger partial charge < -0.3 is 9.15 Å². The number of carbonyl (C=O) groups excluding carboxylic acids is 1. The number of hydrogen-bond acceptors (Lipinski definition) is 3. The van der Waals surface area contributed by atoms with Crippen LogP contribution >= 0.6 is 15.9 Å². The molecule has 1 aromatic heterocycles. The van der Waals surface area contributed by atoms with Crippen LogP contribution in [0.15, 0.2) is 75.6 Å². The van der Waals surface area contributed by atoms with Crippen LogP contribution in [0.2, 0.25) is 0 Å². The predicted molar refractivity (Wildman–Crippen MR) is 106 cm³/mol. The quantitative estimate of drug-likeness (QED) is 0.349. The van der Waals surface area contributed by atoms with Crippen LogP contribution in [0.1, 0.15) is 34.4 Å². The van der Waals surface area contributed by atoms with Crippen molar-refractivity contribution in [1.29, 1.82) is 0 Å². The van der Waals surface area contributed by atoms with Crippen molar-refractivity contribution in [3.05, 3.63) is 93.9 Å². The first kappa shape index (κ1) is 18.2. The van der Waals surface area contributed by atoms with Crippen LogP contribution in [-0.2, 0) is 13.0 Å². The van der Waals surface area contributed by atoms with Gasteiger partial charge in [-0.05, 0) is 72.7 Å². The van der Waals surface area contributed by atoms with Crippen molar-refractivity contribution in [3.63, 3.8) is 0 Å². The molecule has 0 bridgehead atoms. The van der Waals surface area contributed by atoms with E-state index >= 15 is 0 Å². The summed E-state index contributed by atoms with van der Waals surface area (Å²) >= 11 is 3.36. The molecule has 0 spiro atoms. The molecule has 26 heavy (non-hydrogen) atoms. The van der Waals surface area contributed by atoms with Crippen molar-refractivity contribution in [2.45, 2.75) is 20.0 Å². The molecule has 3 rings (SSSR count). The summed E-state index contributed by atoms with van der Waals surface area (Å²) < 4.78 is 12.3. The fraction of sp³-hybridized carbons (Fsp3) is 0.136. The van der Waals surface area contributed by atoms with Gasteiger partial charge in [0.15, 0.2) is 5.78 Å². The van der Waals surface area contributed by atoms with Crippen molar-refractivity contribution in [3.8, 4) is 5.75 Å². The summed E-state index contributed by atoms with van der Waals surface area (Å²) in [6.07, 6.45) is 4.19. The zero-order chi connectivity index (χ0) is 18.4. The minimum atomic E-state index is -0.0669. The molecule has 4 heteroatoms. The van der Waals surface area contributed by atoms with Crippen molar-refractivity contribution < 1.29 is 13.9 Å². The second-order valence-electron chi connectivity index (χ2n) is 5.79. The third kappa shape index (κ3) is 4.96. The van der Waals surface area contributed by atoms with E-state index in [2.05, 4.69) is 35.0 Å². The molecule has 0 aliphatic carbocycles. The van der Waals surface area contributed by atoms with Crippen molar-refractivity contribution >= 4 is 27.8 Å². The highest BCUT2D eigenvalue weighted by Crippen LogP contribution is 2.17. The number of rotatable bonds is 7. The number of allylic oxidation sites excluding steroid dienone is 1. The standard InChI is InChI=1S/C22H19BrO3/c1-2-16-3-9-19(10-4-16)25-15-21-12-11-20(26-21)13-14-22(24)17-5-7-18(23)8-6-17/h3-14H,2,15H2,1H3/b14-13+. The van der Waals surface area contributed by atoms with E-state index in [0.29, 0.717) is 23.7 Å². The summed E-state index contributed by atoms with van der Waals surface area (Å²) in [5, 5.41) is 0. The van der Waals surface area contributed by atoms with E-state index in [1.54, 1.807) is 18.2 Å². The first-order valence-electron chi connectivity index (χ1n) is 8.42. The van der Waals surface area contributed by atoms with E-state index < -0.39 is 0 Å². The van der Waals surface area contributed by atoms with Crippen LogP contribution in [-0.4, -0.2) is 5.78 Å². The molecule has 0 aliphatic rings. The number of ketones is 1. The normalized spacial score (nSPS) is 11.0. The van der Waals surface area contributed by atoms with Gasteiger partial charge in [-0.3, -0.25) is 4.79 Å². The molecule has 3 aromatic rings. The Morgan fingerprint density at radius 1 is 1.04 bits per heavy atom. The number of furan rings is 1. The number of benzene rings is 2. The lowest BCUT2D eigenvalue weighted by Crippen LogP contribution is -1.94. The molecule has 0 aliphatic heterocycles. The first-order valence-corrected chi connectivity index (χ1v) is 9.22. The molecular weight excluding hydrogens is 392 g/mol. The number of ether oxygens (including phenoxy) is 1. The summed E-state index contributed by atoms with van der Waals surface area (Å²) in [4.78, 5) is 12.1. The summed E-state index contributed by atoms with van der Waals surface area (Å²) in [5.41, 5.74) is 1.91. The van der Waals surface area contributed by atoms with Gasteiger partial charge in [-0.15, -0.1) is 0 Å². The molecule has 0 saturated heterocycles. The van der Waals surface area contributed by atoms with E-state index in [-0.39, 0.29) is 5.78 Å². The van der Waals surface area contributed by atoms with Crippen LogP contribution in [0.25, 0.3) is 6.08 Å². The highest BCUT2D eigenvalue weighted by Gasteiger charge is 2.04. The monoisotopic (exact) mass is 410 g/mol. The lowest BCUT2D eigenvalue weighted by Gasteiger charge is -2.04. The van der Waals surface area contributed by atoms with Crippen LogP contribution < -0.4 is 4.74 Å². The number of halogens is 1. The molecule has 3 nitrogen and oxygen atoms in total. The second kappa shape index (κ2) is 8.68. The van der Waals surface area contributed by atoms with Gasteiger partial charge in [-0.25, -0.2) is 0 Å². The maximum atomic E-state index is 12.1. The smallest absolute Gasteiger partial charge is 0.185 e. The summed E-state index contributed by atoms with van der Waals surface area (Å²) in [6, 6.07) is 18.9. The molecule has 1 heterocycles. The van der Waals surface area contributed by atoms with Gasteiger partial charge in [0, 0.05) is 10.0 Å². The van der Waals surface area contributed by atoms with Crippen LogP contribution in [0.4, 0.5) is 0 Å². The van der Waals surface area contributed by atoms with Gasteiger partial charge >= 0.3 is 0 Å². The van der Waals surface area contributed by atoms with Gasteiger partial charge in [0.2, 0.25) is 0 Å². The van der Waals surface area contributed by atoms with Crippen molar-refractivity contribution in [2.75, 3.05) is 0 Å². The zero-order valence-electron chi connectivity index (χ0n) is 14.4. The SMILES string of the molecule is CCc1ccc(OCc2ccc(/C=C/C(=O)c3ccc(Br)cc3)o2)cc1. The zero-order valence-corrected chi connectivity index (χ0v) is 16.0. The van der Waals surface area contributed by atoms with Gasteiger partial charge in [-0.2, -0.15) is 0 Å². The van der Waals surface area contributed by atoms with Crippen LogP contribution in [0.5, 0.6) is 5.75 Å². The fourth-order valence-corrected chi connectivity index (χ4v) is 2.67. The van der Waals surface area contributed by atoms with Crippen LogP contribution in [0, 0.1) is 0 Å². The molecular formula is C22H19BrO3. The Balaban J connectivity index is 1.56. The molecule has 0 fully saturated rings. The average Bonchev–Trinajstić information content (AvgIpc) is 3.13. The van der Waals surface area contributed by atoms with E-state index in [9.17, 15) is 4.79 Å². The lowest BCUT2D eigenvalue weighted by molar-refractivity contribution is 0.104. The summed E-state index contributed by atoms with van der Waals surface area (Å²) in [5.74, 6) is 2.07. The Bertz CT molecular complexity index is 890. The fourth-order valence-electron chi connectivity index (χ4n) is 2.41. The van der Waals surface area contributed by atoms with Crippen molar-refractivity contribution in [1.82, 2.24) is 0 Å². The Kier molecular flexibility index (Phi) is 6.08. The summed E-state index contributed by atoms with van der Waals surface area (Å²) in [6.45, 7) is 2.47. The van der Waals surface area contributed by atoms with Gasteiger partial charge in [-0.1, -0.05) is 35.0 Å². The number of carbonyl (C=O) groups is 1. The third-order valence-corrected chi connectivity index (χ3v) is 4.45. The molecule has 0 saturated carbocycles. The first-order chi connectivity index (χ1) is 12.6. The average molecular weight is 411 g/mol. The minimum Gasteiger partial charge on any atom is -0.486 e. The highest BCUT2D eigenvalue weighted by molar-refractivity contribution is 9.10. The minimum absolute atomic E-state index is 0.0669. The molecule has 0 amide bonds. The van der Waals surface area contributed by atoms with Gasteiger partial charge in [0.25, 0.3) is 0 Å². The highest BCUT2D eigenvalue weighted by atomic mass is 79.9. The molecule has 0 N–H and O–H groups in total. The Morgan fingerprint density at radius 2 is 1.77 bits per heavy atom. The predicted octanol–water partition coefficient (Wildman–Crippen LogP) is 6.08. The van der Waals surface area contributed by atoms with E-state index in [4.69, 9.17) is 9.15 Å². The largest absolute Gasteiger partial charge is 0.486 e. The second-order valence-corrected chi connectivity index (χ2v) is 6.71. The molecule has 0 radical (unpaired) electrons.